The molecule has 0 radical (unpaired) electrons. The fraction of sp³-hybridized carbons (Fsp3) is 0.727. The molecule has 2 N–H and O–H groups in total. The monoisotopic (exact) mass is 254 g/mol. The molecule has 1 saturated carbocycles. The van der Waals surface area contributed by atoms with E-state index in [4.69, 9.17) is 10.5 Å². The maximum absolute atomic E-state index is 11.0. The highest BCUT2D eigenvalue weighted by Gasteiger charge is 2.31. The van der Waals surface area contributed by atoms with E-state index in [2.05, 4.69) is 5.10 Å². The van der Waals surface area contributed by atoms with Crippen molar-refractivity contribution < 1.29 is 9.66 Å². The quantitative estimate of drug-likeness (QED) is 0.647. The molecule has 0 amide bonds. The highest BCUT2D eigenvalue weighted by Crippen LogP contribution is 2.32. The molecule has 1 fully saturated rings. The fourth-order valence-corrected chi connectivity index (χ4v) is 2.38. The van der Waals surface area contributed by atoms with Crippen LogP contribution >= 0.6 is 0 Å². The molecule has 7 nitrogen and oxygen atoms in total. The molecule has 1 aliphatic carbocycles. The van der Waals surface area contributed by atoms with Gasteiger partial charge in [0.05, 0.1) is 4.92 Å². The number of nitrogens with two attached hydrogens (primary N) is 1. The molecule has 0 aliphatic heterocycles. The lowest BCUT2D eigenvalue weighted by atomic mass is 9.93. The standard InChI is InChI=1S/C11H18N4O3/c1-7-10(15(16)17)11(14(2)13-7)18-9-6-4-3-5-8(9)12/h8-9H,3-6,12H2,1-2H3. The molecule has 7 heteroatoms. The predicted molar refractivity (Wildman–Crippen MR) is 65.5 cm³/mol. The van der Waals surface area contributed by atoms with Crippen molar-refractivity contribution in [2.45, 2.75) is 44.8 Å². The van der Waals surface area contributed by atoms with Gasteiger partial charge in [-0.2, -0.15) is 5.10 Å². The molecule has 1 aliphatic rings. The second-order valence-corrected chi connectivity index (χ2v) is 4.72. The summed E-state index contributed by atoms with van der Waals surface area (Å²) in [4.78, 5) is 10.6. The Hall–Kier alpha value is -1.63. The van der Waals surface area contributed by atoms with Crippen LogP contribution in [-0.4, -0.2) is 26.8 Å². The third kappa shape index (κ3) is 2.31. The maximum Gasteiger partial charge on any atom is 0.353 e. The van der Waals surface area contributed by atoms with Crippen LogP contribution in [-0.2, 0) is 7.05 Å². The Morgan fingerprint density at radius 1 is 1.50 bits per heavy atom. The molecule has 1 aromatic heterocycles. The van der Waals surface area contributed by atoms with Crippen LogP contribution in [0.25, 0.3) is 0 Å². The van der Waals surface area contributed by atoms with Gasteiger partial charge in [0.15, 0.2) is 0 Å². The molecular formula is C11H18N4O3. The average Bonchev–Trinajstić information content (AvgIpc) is 2.57. The van der Waals surface area contributed by atoms with Gasteiger partial charge in [-0.1, -0.05) is 6.42 Å². The number of aromatic nitrogens is 2. The van der Waals surface area contributed by atoms with Gasteiger partial charge < -0.3 is 10.5 Å². The van der Waals surface area contributed by atoms with Crippen LogP contribution in [0.1, 0.15) is 31.4 Å². The molecule has 1 aromatic rings. The fourth-order valence-electron chi connectivity index (χ4n) is 2.38. The molecule has 2 rings (SSSR count). The number of rotatable bonds is 3. The molecule has 0 bridgehead atoms. The molecule has 18 heavy (non-hydrogen) atoms. The Morgan fingerprint density at radius 3 is 2.78 bits per heavy atom. The summed E-state index contributed by atoms with van der Waals surface area (Å²) in [5.74, 6) is 0.208. The Balaban J connectivity index is 2.25. The molecule has 2 atom stereocenters. The van der Waals surface area contributed by atoms with Gasteiger partial charge in [-0.3, -0.25) is 10.1 Å². The summed E-state index contributed by atoms with van der Waals surface area (Å²) in [6, 6.07) is -0.0615. The van der Waals surface area contributed by atoms with Crippen molar-refractivity contribution in [2.75, 3.05) is 0 Å². The minimum Gasteiger partial charge on any atom is -0.468 e. The van der Waals surface area contributed by atoms with E-state index in [9.17, 15) is 10.1 Å². The third-order valence-electron chi connectivity index (χ3n) is 3.34. The summed E-state index contributed by atoms with van der Waals surface area (Å²) < 4.78 is 7.16. The van der Waals surface area contributed by atoms with E-state index in [1.807, 2.05) is 0 Å². The highest BCUT2D eigenvalue weighted by atomic mass is 16.6. The number of hydrogen-bond donors (Lipinski definition) is 1. The van der Waals surface area contributed by atoms with Gasteiger partial charge in [-0.25, -0.2) is 4.68 Å². The first-order valence-corrected chi connectivity index (χ1v) is 6.11. The lowest BCUT2D eigenvalue weighted by molar-refractivity contribution is -0.386. The summed E-state index contributed by atoms with van der Waals surface area (Å²) >= 11 is 0. The predicted octanol–water partition coefficient (Wildman–Crippen LogP) is 1.29. The number of nitrogens with zero attached hydrogens (tertiary/aromatic N) is 3. The Morgan fingerprint density at radius 2 is 2.17 bits per heavy atom. The van der Waals surface area contributed by atoms with Crippen LogP contribution < -0.4 is 10.5 Å². The topological polar surface area (TPSA) is 96.2 Å². The van der Waals surface area contributed by atoms with Crippen molar-refractivity contribution in [1.29, 1.82) is 0 Å². The minimum atomic E-state index is -0.452. The largest absolute Gasteiger partial charge is 0.468 e. The van der Waals surface area contributed by atoms with Gasteiger partial charge in [0.25, 0.3) is 5.88 Å². The van der Waals surface area contributed by atoms with E-state index in [1.54, 1.807) is 14.0 Å². The van der Waals surface area contributed by atoms with E-state index < -0.39 is 4.92 Å². The van der Waals surface area contributed by atoms with E-state index in [0.717, 1.165) is 25.7 Å². The van der Waals surface area contributed by atoms with E-state index in [1.165, 1.54) is 4.68 Å². The second kappa shape index (κ2) is 4.93. The van der Waals surface area contributed by atoms with Crippen molar-refractivity contribution in [3.8, 4) is 5.88 Å². The Bertz CT molecular complexity index is 457. The van der Waals surface area contributed by atoms with E-state index in [-0.39, 0.29) is 23.7 Å². The van der Waals surface area contributed by atoms with Crippen molar-refractivity contribution >= 4 is 5.69 Å². The van der Waals surface area contributed by atoms with E-state index >= 15 is 0 Å². The maximum atomic E-state index is 11.0. The molecular weight excluding hydrogens is 236 g/mol. The van der Waals surface area contributed by atoms with E-state index in [0.29, 0.717) is 5.69 Å². The smallest absolute Gasteiger partial charge is 0.353 e. The van der Waals surface area contributed by atoms with Crippen LogP contribution in [0.5, 0.6) is 5.88 Å². The van der Waals surface area contributed by atoms with Gasteiger partial charge in [0.1, 0.15) is 11.8 Å². The summed E-state index contributed by atoms with van der Waals surface area (Å²) in [5, 5.41) is 15.1. The third-order valence-corrected chi connectivity index (χ3v) is 3.34. The highest BCUT2D eigenvalue weighted by molar-refractivity contribution is 5.45. The molecule has 0 spiro atoms. The van der Waals surface area contributed by atoms with Crippen LogP contribution in [0.2, 0.25) is 0 Å². The van der Waals surface area contributed by atoms with Crippen LogP contribution in [0.15, 0.2) is 0 Å². The molecule has 0 aromatic carbocycles. The zero-order valence-electron chi connectivity index (χ0n) is 10.6. The van der Waals surface area contributed by atoms with Gasteiger partial charge in [0, 0.05) is 13.1 Å². The summed E-state index contributed by atoms with van der Waals surface area (Å²) in [6.45, 7) is 1.60. The summed E-state index contributed by atoms with van der Waals surface area (Å²) in [5.41, 5.74) is 6.29. The molecule has 2 unspecified atom stereocenters. The normalized spacial score (nSPS) is 23.9. The summed E-state index contributed by atoms with van der Waals surface area (Å²) in [7, 11) is 1.64. The van der Waals surface area contributed by atoms with Gasteiger partial charge in [0.2, 0.25) is 0 Å². The number of hydrogen-bond acceptors (Lipinski definition) is 5. The Kier molecular flexibility index (Phi) is 3.51. The van der Waals surface area contributed by atoms with Crippen molar-refractivity contribution in [3.63, 3.8) is 0 Å². The van der Waals surface area contributed by atoms with Crippen LogP contribution in [0.4, 0.5) is 5.69 Å². The lowest BCUT2D eigenvalue weighted by Crippen LogP contribution is -2.41. The summed E-state index contributed by atoms with van der Waals surface area (Å²) in [6.07, 6.45) is 3.71. The molecule has 1 heterocycles. The SMILES string of the molecule is Cc1nn(C)c(OC2CCCCC2N)c1[N+](=O)[O-]. The van der Waals surface area contributed by atoms with Crippen molar-refractivity contribution in [1.82, 2.24) is 9.78 Å². The first-order chi connectivity index (χ1) is 8.50. The number of nitro groups is 1. The first kappa shape index (κ1) is 12.8. The van der Waals surface area contributed by atoms with Gasteiger partial charge in [-0.05, 0) is 26.2 Å². The second-order valence-electron chi connectivity index (χ2n) is 4.72. The zero-order valence-corrected chi connectivity index (χ0v) is 10.6. The van der Waals surface area contributed by atoms with Crippen molar-refractivity contribution in [2.24, 2.45) is 12.8 Å². The average molecular weight is 254 g/mol. The first-order valence-electron chi connectivity index (χ1n) is 6.11. The zero-order chi connectivity index (χ0) is 13.3. The number of aryl methyl sites for hydroxylation is 2. The minimum absolute atomic E-state index is 0.0599. The molecule has 100 valence electrons. The van der Waals surface area contributed by atoms with Crippen molar-refractivity contribution in [3.05, 3.63) is 15.8 Å². The van der Waals surface area contributed by atoms with Crippen LogP contribution in [0.3, 0.4) is 0 Å². The number of ether oxygens (including phenoxy) is 1. The lowest BCUT2D eigenvalue weighted by Gasteiger charge is -2.28. The van der Waals surface area contributed by atoms with Crippen LogP contribution in [0, 0.1) is 17.0 Å². The Labute approximate surface area is 105 Å². The van der Waals surface area contributed by atoms with Gasteiger partial charge >= 0.3 is 5.69 Å². The van der Waals surface area contributed by atoms with Gasteiger partial charge in [-0.15, -0.1) is 0 Å². The molecule has 0 saturated heterocycles.